The summed E-state index contributed by atoms with van der Waals surface area (Å²) in [5.41, 5.74) is 3.53. The van der Waals surface area contributed by atoms with E-state index in [1.165, 1.54) is 0 Å². The van der Waals surface area contributed by atoms with Crippen molar-refractivity contribution in [2.24, 2.45) is 0 Å². The number of rotatable bonds is 3. The Morgan fingerprint density at radius 2 is 1.50 bits per heavy atom. The van der Waals surface area contributed by atoms with Crippen LogP contribution in [0.3, 0.4) is 0 Å². The van der Waals surface area contributed by atoms with Crippen molar-refractivity contribution in [2.75, 3.05) is 26.1 Å². The summed E-state index contributed by atoms with van der Waals surface area (Å²) in [7, 11) is 3.88. The first-order valence-corrected chi connectivity index (χ1v) is 7.21. The second-order valence-corrected chi connectivity index (χ2v) is 5.80. The van der Waals surface area contributed by atoms with Crippen LogP contribution in [0.4, 0.5) is 5.69 Å². The molecule has 112 valence electrons. The Labute approximate surface area is 129 Å². The van der Waals surface area contributed by atoms with Crippen molar-refractivity contribution in [2.45, 2.75) is 6.92 Å². The van der Waals surface area contributed by atoms with E-state index in [1.807, 2.05) is 38.1 Å². The molecule has 1 aliphatic rings. The minimum atomic E-state index is -0.0878. The monoisotopic (exact) mass is 294 g/mol. The van der Waals surface area contributed by atoms with Crippen LogP contribution in [-0.2, 0) is 0 Å². The maximum absolute atomic E-state index is 12.9. The first-order chi connectivity index (χ1) is 10.5. The van der Waals surface area contributed by atoms with Crippen LogP contribution in [0.25, 0.3) is 0 Å². The maximum Gasteiger partial charge on any atom is 0.196 e. The molecule has 1 aliphatic carbocycles. The molecule has 0 aliphatic heterocycles. The average molecular weight is 294 g/mol. The Kier molecular flexibility index (Phi) is 3.54. The molecule has 1 N–H and O–H groups in total. The van der Waals surface area contributed by atoms with Crippen molar-refractivity contribution in [1.29, 1.82) is 0 Å². The zero-order chi connectivity index (χ0) is 15.9. The van der Waals surface area contributed by atoms with Gasteiger partial charge in [0.1, 0.15) is 0 Å². The van der Waals surface area contributed by atoms with Crippen LogP contribution in [0.1, 0.15) is 37.4 Å². The summed E-state index contributed by atoms with van der Waals surface area (Å²) in [6.45, 7) is 2.46. The summed E-state index contributed by atoms with van der Waals surface area (Å²) in [6, 6.07) is 10.8. The first-order valence-electron chi connectivity index (χ1n) is 7.21. The van der Waals surface area contributed by atoms with Gasteiger partial charge in [-0.05, 0) is 32.6 Å². The van der Waals surface area contributed by atoms with Crippen LogP contribution < -0.4 is 5.32 Å². The van der Waals surface area contributed by atoms with E-state index in [0.29, 0.717) is 34.6 Å². The lowest BCUT2D eigenvalue weighted by molar-refractivity contribution is 0.0979. The highest BCUT2D eigenvalue weighted by molar-refractivity contribution is 6.30. The van der Waals surface area contributed by atoms with Gasteiger partial charge in [-0.15, -0.1) is 0 Å². The van der Waals surface area contributed by atoms with Crippen molar-refractivity contribution in [1.82, 2.24) is 4.90 Å². The third-order valence-electron chi connectivity index (χ3n) is 3.87. The second kappa shape index (κ2) is 5.39. The van der Waals surface area contributed by atoms with Crippen LogP contribution in [0.15, 0.2) is 36.4 Å². The molecule has 0 unspecified atom stereocenters. The Bertz CT molecular complexity index is 779. The van der Waals surface area contributed by atoms with Gasteiger partial charge in [0, 0.05) is 22.4 Å². The third kappa shape index (κ3) is 2.22. The molecule has 0 spiro atoms. The Morgan fingerprint density at radius 1 is 0.909 bits per heavy atom. The molecular weight excluding hydrogens is 276 g/mol. The summed E-state index contributed by atoms with van der Waals surface area (Å²) >= 11 is 0. The van der Waals surface area contributed by atoms with Crippen molar-refractivity contribution in [3.63, 3.8) is 0 Å². The molecular formula is C18H18N2O2. The van der Waals surface area contributed by atoms with Crippen molar-refractivity contribution < 1.29 is 9.59 Å². The van der Waals surface area contributed by atoms with Crippen LogP contribution in [0.5, 0.6) is 0 Å². The largest absolute Gasteiger partial charge is 0.372 e. The maximum atomic E-state index is 12.9. The van der Waals surface area contributed by atoms with Gasteiger partial charge in [0.05, 0.1) is 12.2 Å². The van der Waals surface area contributed by atoms with E-state index >= 15 is 0 Å². The zero-order valence-electron chi connectivity index (χ0n) is 12.9. The number of carbonyl (C=O) groups is 2. The third-order valence-corrected chi connectivity index (χ3v) is 3.87. The van der Waals surface area contributed by atoms with Gasteiger partial charge in [0.2, 0.25) is 0 Å². The predicted octanol–water partition coefficient (Wildman–Crippen LogP) is 2.70. The van der Waals surface area contributed by atoms with Crippen molar-refractivity contribution in [3.8, 4) is 0 Å². The Hall–Kier alpha value is -2.46. The summed E-state index contributed by atoms with van der Waals surface area (Å²) in [5, 5.41) is 3.23. The summed E-state index contributed by atoms with van der Waals surface area (Å²) in [6.07, 6.45) is 0. The van der Waals surface area contributed by atoms with Gasteiger partial charge in [-0.3, -0.25) is 14.5 Å². The lowest BCUT2D eigenvalue weighted by atomic mass is 9.81. The van der Waals surface area contributed by atoms with Crippen LogP contribution in [0, 0.1) is 6.92 Å². The van der Waals surface area contributed by atoms with E-state index in [1.54, 1.807) is 24.3 Å². The fourth-order valence-electron chi connectivity index (χ4n) is 2.77. The van der Waals surface area contributed by atoms with E-state index in [9.17, 15) is 9.59 Å². The number of nitrogens with zero attached hydrogens (tertiary/aromatic N) is 1. The van der Waals surface area contributed by atoms with E-state index < -0.39 is 0 Å². The van der Waals surface area contributed by atoms with Gasteiger partial charge in [-0.2, -0.15) is 0 Å². The molecule has 0 amide bonds. The van der Waals surface area contributed by atoms with E-state index in [4.69, 9.17) is 0 Å². The summed E-state index contributed by atoms with van der Waals surface area (Å²) < 4.78 is 0. The molecule has 0 bridgehead atoms. The normalized spacial score (nSPS) is 13.1. The Morgan fingerprint density at radius 3 is 2.09 bits per heavy atom. The molecule has 2 aromatic rings. The van der Waals surface area contributed by atoms with Gasteiger partial charge in [-0.1, -0.05) is 30.3 Å². The first kappa shape index (κ1) is 14.5. The van der Waals surface area contributed by atoms with Crippen molar-refractivity contribution in [3.05, 3.63) is 64.2 Å². The summed E-state index contributed by atoms with van der Waals surface area (Å²) in [5.74, 6) is -0.161. The molecule has 0 fully saturated rings. The fourth-order valence-corrected chi connectivity index (χ4v) is 2.77. The van der Waals surface area contributed by atoms with E-state index in [0.717, 1.165) is 5.56 Å². The highest BCUT2D eigenvalue weighted by atomic mass is 16.1. The standard InChI is InChI=1S/C18H18N2O2/c1-11-8-9-14(19-10-20(2)3)16-15(11)17(21)12-6-4-5-7-13(12)18(16)22/h4-9,19H,10H2,1-3H3. The highest BCUT2D eigenvalue weighted by Crippen LogP contribution is 2.33. The zero-order valence-corrected chi connectivity index (χ0v) is 12.9. The number of ketones is 2. The lowest BCUT2D eigenvalue weighted by Crippen LogP contribution is -2.26. The van der Waals surface area contributed by atoms with Gasteiger partial charge >= 0.3 is 0 Å². The van der Waals surface area contributed by atoms with Gasteiger partial charge < -0.3 is 5.32 Å². The fraction of sp³-hybridized carbons (Fsp3) is 0.222. The van der Waals surface area contributed by atoms with Crippen LogP contribution >= 0.6 is 0 Å². The predicted molar refractivity (Wildman–Crippen MR) is 86.7 cm³/mol. The number of fused-ring (bicyclic) bond motifs is 2. The van der Waals surface area contributed by atoms with Gasteiger partial charge in [0.15, 0.2) is 11.6 Å². The molecule has 22 heavy (non-hydrogen) atoms. The molecule has 0 atom stereocenters. The molecule has 0 radical (unpaired) electrons. The number of aryl methyl sites for hydroxylation is 1. The van der Waals surface area contributed by atoms with Crippen molar-refractivity contribution >= 4 is 17.3 Å². The Balaban J connectivity index is 2.18. The SMILES string of the molecule is Cc1ccc(NCN(C)C)c2c1C(=O)c1ccccc1C2=O. The average Bonchev–Trinajstić information content (AvgIpc) is 2.51. The molecule has 4 heteroatoms. The number of carbonyl (C=O) groups excluding carboxylic acids is 2. The lowest BCUT2D eigenvalue weighted by Gasteiger charge is -2.23. The number of nitrogens with one attached hydrogen (secondary N) is 1. The minimum Gasteiger partial charge on any atom is -0.372 e. The van der Waals surface area contributed by atoms with E-state index in [2.05, 4.69) is 5.32 Å². The minimum absolute atomic E-state index is 0.0730. The smallest absolute Gasteiger partial charge is 0.196 e. The summed E-state index contributed by atoms with van der Waals surface area (Å²) in [4.78, 5) is 27.6. The molecule has 0 saturated heterocycles. The number of anilines is 1. The molecule has 2 aromatic carbocycles. The van der Waals surface area contributed by atoms with Crippen LogP contribution in [-0.4, -0.2) is 37.2 Å². The molecule has 4 nitrogen and oxygen atoms in total. The van der Waals surface area contributed by atoms with Gasteiger partial charge in [0.25, 0.3) is 0 Å². The number of benzene rings is 2. The van der Waals surface area contributed by atoms with Gasteiger partial charge in [-0.25, -0.2) is 0 Å². The van der Waals surface area contributed by atoms with Crippen LogP contribution in [0.2, 0.25) is 0 Å². The number of hydrogen-bond donors (Lipinski definition) is 1. The highest BCUT2D eigenvalue weighted by Gasteiger charge is 2.32. The second-order valence-electron chi connectivity index (χ2n) is 5.80. The number of hydrogen-bond acceptors (Lipinski definition) is 4. The molecule has 3 rings (SSSR count). The van der Waals surface area contributed by atoms with E-state index in [-0.39, 0.29) is 11.6 Å². The quantitative estimate of drug-likeness (QED) is 0.755. The topological polar surface area (TPSA) is 49.4 Å². The molecule has 0 heterocycles. The molecule has 0 saturated carbocycles. The molecule has 0 aromatic heterocycles.